The van der Waals surface area contributed by atoms with Crippen molar-refractivity contribution >= 4 is 0 Å². The number of hydrogen-bond donors (Lipinski definition) is 1. The molecule has 3 heteroatoms. The minimum absolute atomic E-state index is 0.369. The maximum Gasteiger partial charge on any atom is 0.119 e. The van der Waals surface area contributed by atoms with Crippen LogP contribution < -0.4 is 10.1 Å². The molecule has 118 valence electrons. The molecular formula is C18H29NO2. The van der Waals surface area contributed by atoms with Crippen LogP contribution in [0.5, 0.6) is 5.75 Å². The minimum atomic E-state index is 0.369. The van der Waals surface area contributed by atoms with Gasteiger partial charge in [-0.1, -0.05) is 19.1 Å². The van der Waals surface area contributed by atoms with Crippen LogP contribution in [0.25, 0.3) is 0 Å². The smallest absolute Gasteiger partial charge is 0.119 e. The van der Waals surface area contributed by atoms with E-state index >= 15 is 0 Å². The lowest BCUT2D eigenvalue weighted by Crippen LogP contribution is -2.27. The SMILES string of the molecule is CCCOc1ccc(C(C)NCCC2CCCCO2)cc1. The van der Waals surface area contributed by atoms with Crippen molar-refractivity contribution in [3.8, 4) is 5.75 Å². The summed E-state index contributed by atoms with van der Waals surface area (Å²) < 4.78 is 11.4. The van der Waals surface area contributed by atoms with Crippen LogP contribution >= 0.6 is 0 Å². The number of hydrogen-bond acceptors (Lipinski definition) is 3. The van der Waals surface area contributed by atoms with Crippen LogP contribution in [0.1, 0.15) is 57.6 Å². The molecule has 2 unspecified atom stereocenters. The Kier molecular flexibility index (Phi) is 7.04. The topological polar surface area (TPSA) is 30.5 Å². The highest BCUT2D eigenvalue weighted by Gasteiger charge is 2.13. The molecule has 0 aliphatic carbocycles. The molecule has 1 saturated heterocycles. The van der Waals surface area contributed by atoms with Crippen molar-refractivity contribution < 1.29 is 9.47 Å². The van der Waals surface area contributed by atoms with E-state index in [9.17, 15) is 0 Å². The van der Waals surface area contributed by atoms with Crippen molar-refractivity contribution in [1.82, 2.24) is 5.32 Å². The van der Waals surface area contributed by atoms with E-state index in [-0.39, 0.29) is 0 Å². The highest BCUT2D eigenvalue weighted by atomic mass is 16.5. The third-order valence-electron chi connectivity index (χ3n) is 4.04. The number of rotatable bonds is 8. The van der Waals surface area contributed by atoms with Gasteiger partial charge in [-0.05, 0) is 63.3 Å². The second-order valence-electron chi connectivity index (χ2n) is 5.87. The molecule has 2 atom stereocenters. The number of nitrogens with one attached hydrogen (secondary N) is 1. The lowest BCUT2D eigenvalue weighted by Gasteiger charge is -2.23. The van der Waals surface area contributed by atoms with E-state index in [2.05, 4.69) is 43.4 Å². The molecule has 2 rings (SSSR count). The summed E-state index contributed by atoms with van der Waals surface area (Å²) in [5, 5.41) is 3.59. The van der Waals surface area contributed by atoms with Crippen LogP contribution in [0.3, 0.4) is 0 Å². The fraction of sp³-hybridized carbons (Fsp3) is 0.667. The van der Waals surface area contributed by atoms with E-state index < -0.39 is 0 Å². The molecular weight excluding hydrogens is 262 g/mol. The molecule has 21 heavy (non-hydrogen) atoms. The minimum Gasteiger partial charge on any atom is -0.494 e. The second kappa shape index (κ2) is 9.06. The van der Waals surface area contributed by atoms with Crippen LogP contribution in [0.15, 0.2) is 24.3 Å². The van der Waals surface area contributed by atoms with Crippen LogP contribution in [0.4, 0.5) is 0 Å². The number of ether oxygens (including phenoxy) is 2. The van der Waals surface area contributed by atoms with Gasteiger partial charge >= 0.3 is 0 Å². The molecule has 0 radical (unpaired) electrons. The van der Waals surface area contributed by atoms with Gasteiger partial charge in [0, 0.05) is 12.6 Å². The highest BCUT2D eigenvalue weighted by molar-refractivity contribution is 5.28. The second-order valence-corrected chi connectivity index (χ2v) is 5.87. The Morgan fingerprint density at radius 3 is 2.76 bits per heavy atom. The summed E-state index contributed by atoms with van der Waals surface area (Å²) >= 11 is 0. The zero-order valence-corrected chi connectivity index (χ0v) is 13.4. The largest absolute Gasteiger partial charge is 0.494 e. The Bertz CT molecular complexity index is 385. The lowest BCUT2D eigenvalue weighted by molar-refractivity contribution is 0.0112. The molecule has 1 N–H and O–H groups in total. The van der Waals surface area contributed by atoms with Gasteiger partial charge in [-0.3, -0.25) is 0 Å². The van der Waals surface area contributed by atoms with Crippen molar-refractivity contribution in [2.24, 2.45) is 0 Å². The molecule has 1 aromatic rings. The Morgan fingerprint density at radius 2 is 2.10 bits per heavy atom. The molecule has 3 nitrogen and oxygen atoms in total. The van der Waals surface area contributed by atoms with Gasteiger partial charge in [0.05, 0.1) is 12.7 Å². The predicted molar refractivity (Wildman–Crippen MR) is 86.9 cm³/mol. The van der Waals surface area contributed by atoms with E-state index in [4.69, 9.17) is 9.47 Å². The van der Waals surface area contributed by atoms with Crippen molar-refractivity contribution in [1.29, 1.82) is 0 Å². The molecule has 1 aliphatic heterocycles. The van der Waals surface area contributed by atoms with Gasteiger partial charge in [-0.25, -0.2) is 0 Å². The van der Waals surface area contributed by atoms with Crippen LogP contribution in [-0.4, -0.2) is 25.9 Å². The van der Waals surface area contributed by atoms with E-state index in [1.165, 1.54) is 24.8 Å². The van der Waals surface area contributed by atoms with Crippen molar-refractivity contribution in [3.05, 3.63) is 29.8 Å². The fourth-order valence-corrected chi connectivity index (χ4v) is 2.69. The third kappa shape index (κ3) is 5.68. The molecule has 1 aliphatic rings. The van der Waals surface area contributed by atoms with E-state index in [0.29, 0.717) is 12.1 Å². The van der Waals surface area contributed by atoms with Gasteiger partial charge in [0.1, 0.15) is 5.75 Å². The lowest BCUT2D eigenvalue weighted by atomic mass is 10.1. The fourth-order valence-electron chi connectivity index (χ4n) is 2.69. The summed E-state index contributed by atoms with van der Waals surface area (Å²) in [7, 11) is 0. The summed E-state index contributed by atoms with van der Waals surface area (Å²) in [5.74, 6) is 0.961. The van der Waals surface area contributed by atoms with Gasteiger partial charge in [-0.2, -0.15) is 0 Å². The van der Waals surface area contributed by atoms with Crippen LogP contribution in [-0.2, 0) is 4.74 Å². The number of benzene rings is 1. The van der Waals surface area contributed by atoms with Crippen LogP contribution in [0, 0.1) is 0 Å². The first-order valence-electron chi connectivity index (χ1n) is 8.37. The Labute approximate surface area is 129 Å². The van der Waals surface area contributed by atoms with Gasteiger partial charge in [0.2, 0.25) is 0 Å². The molecule has 0 aromatic heterocycles. The maximum absolute atomic E-state index is 5.76. The Hall–Kier alpha value is -1.06. The highest BCUT2D eigenvalue weighted by Crippen LogP contribution is 2.19. The van der Waals surface area contributed by atoms with Crippen molar-refractivity contribution in [2.45, 2.75) is 58.1 Å². The summed E-state index contributed by atoms with van der Waals surface area (Å²) in [6.45, 7) is 7.08. The average molecular weight is 291 g/mol. The monoisotopic (exact) mass is 291 g/mol. The zero-order chi connectivity index (χ0) is 14.9. The van der Waals surface area contributed by atoms with E-state index in [0.717, 1.165) is 38.3 Å². The standard InChI is InChI=1S/C18H29NO2/c1-3-13-20-18-9-7-16(8-10-18)15(2)19-12-11-17-6-4-5-14-21-17/h7-10,15,17,19H,3-6,11-14H2,1-2H3. The zero-order valence-electron chi connectivity index (χ0n) is 13.4. The molecule has 0 amide bonds. The quantitative estimate of drug-likeness (QED) is 0.782. The van der Waals surface area contributed by atoms with E-state index in [1.54, 1.807) is 0 Å². The first kappa shape index (κ1) is 16.3. The van der Waals surface area contributed by atoms with E-state index in [1.807, 2.05) is 0 Å². The first-order chi connectivity index (χ1) is 10.3. The van der Waals surface area contributed by atoms with Crippen LogP contribution in [0.2, 0.25) is 0 Å². The predicted octanol–water partition coefficient (Wildman–Crippen LogP) is 4.09. The van der Waals surface area contributed by atoms with Gasteiger partial charge in [0.25, 0.3) is 0 Å². The van der Waals surface area contributed by atoms with Gasteiger partial charge in [-0.15, -0.1) is 0 Å². The summed E-state index contributed by atoms with van der Waals surface area (Å²) in [6, 6.07) is 8.80. The Balaban J connectivity index is 1.70. The van der Waals surface area contributed by atoms with Crippen molar-refractivity contribution in [3.63, 3.8) is 0 Å². The molecule has 1 heterocycles. The molecule has 0 bridgehead atoms. The summed E-state index contributed by atoms with van der Waals surface area (Å²) in [6.07, 6.45) is 6.39. The molecule has 0 saturated carbocycles. The molecule has 1 fully saturated rings. The van der Waals surface area contributed by atoms with Gasteiger partial charge < -0.3 is 14.8 Å². The summed E-state index contributed by atoms with van der Waals surface area (Å²) in [5.41, 5.74) is 1.31. The maximum atomic E-state index is 5.76. The molecule has 0 spiro atoms. The third-order valence-corrected chi connectivity index (χ3v) is 4.04. The van der Waals surface area contributed by atoms with Gasteiger partial charge in [0.15, 0.2) is 0 Å². The summed E-state index contributed by atoms with van der Waals surface area (Å²) in [4.78, 5) is 0. The first-order valence-corrected chi connectivity index (χ1v) is 8.37. The Morgan fingerprint density at radius 1 is 1.29 bits per heavy atom. The molecule has 1 aromatic carbocycles. The van der Waals surface area contributed by atoms with Crippen molar-refractivity contribution in [2.75, 3.05) is 19.8 Å². The normalized spacial score (nSPS) is 20.2. The average Bonchev–Trinajstić information content (AvgIpc) is 2.54.